The summed E-state index contributed by atoms with van der Waals surface area (Å²) in [5, 5.41) is 4.30. The van der Waals surface area contributed by atoms with Gasteiger partial charge in [-0.05, 0) is 49.4 Å². The van der Waals surface area contributed by atoms with Gasteiger partial charge in [-0.1, -0.05) is 0 Å². The maximum absolute atomic E-state index is 12.9. The molecular weight excluding hydrogens is 403 g/mol. The van der Waals surface area contributed by atoms with Crippen LogP contribution in [-0.2, 0) is 19.4 Å². The molecule has 0 radical (unpaired) electrons. The number of hydrogen-bond acceptors (Lipinski definition) is 5. The molecule has 2 N–H and O–H groups in total. The molecule has 3 rings (SSSR count). The third kappa shape index (κ3) is 4.71. The van der Waals surface area contributed by atoms with Crippen LogP contribution >= 0.6 is 11.8 Å². The number of anilines is 2. The normalized spacial score (nSPS) is 15.1. The van der Waals surface area contributed by atoms with E-state index < -0.39 is 26.8 Å². The van der Waals surface area contributed by atoms with Crippen LogP contribution in [0.4, 0.5) is 15.8 Å². The van der Waals surface area contributed by atoms with Crippen molar-refractivity contribution in [3.63, 3.8) is 0 Å². The Bertz CT molecular complexity index is 1010. The van der Waals surface area contributed by atoms with Gasteiger partial charge in [0.05, 0.1) is 15.8 Å². The Morgan fingerprint density at radius 2 is 1.96 bits per heavy atom. The summed E-state index contributed by atoms with van der Waals surface area (Å²) in [6.45, 7) is 1.46. The van der Waals surface area contributed by atoms with Crippen LogP contribution in [0.5, 0.6) is 0 Å². The maximum atomic E-state index is 12.9. The molecule has 28 heavy (non-hydrogen) atoms. The van der Waals surface area contributed by atoms with Gasteiger partial charge in [-0.25, -0.2) is 12.8 Å². The van der Waals surface area contributed by atoms with Gasteiger partial charge >= 0.3 is 0 Å². The molecule has 0 fully saturated rings. The molecule has 2 aromatic carbocycles. The van der Waals surface area contributed by atoms with Crippen LogP contribution in [0.2, 0.25) is 0 Å². The van der Waals surface area contributed by atoms with Crippen LogP contribution in [0.15, 0.2) is 52.3 Å². The van der Waals surface area contributed by atoms with Crippen molar-refractivity contribution in [1.29, 1.82) is 0 Å². The monoisotopic (exact) mass is 422 g/mol. The predicted molar refractivity (Wildman–Crippen MR) is 107 cm³/mol. The maximum Gasteiger partial charge on any atom is 0.225 e. The van der Waals surface area contributed by atoms with E-state index in [2.05, 4.69) is 10.6 Å². The van der Waals surface area contributed by atoms with E-state index in [0.717, 1.165) is 4.90 Å². The largest absolute Gasteiger partial charge is 0.326 e. The quantitative estimate of drug-likeness (QED) is 0.770. The van der Waals surface area contributed by atoms with Crippen molar-refractivity contribution in [3.05, 3.63) is 48.3 Å². The third-order valence-electron chi connectivity index (χ3n) is 4.27. The van der Waals surface area contributed by atoms with Crippen molar-refractivity contribution in [2.24, 2.45) is 0 Å². The third-order valence-corrected chi connectivity index (χ3v) is 7.48. The zero-order valence-electron chi connectivity index (χ0n) is 15.1. The van der Waals surface area contributed by atoms with Gasteiger partial charge in [0.25, 0.3) is 0 Å². The first-order valence-corrected chi connectivity index (χ1v) is 11.1. The van der Waals surface area contributed by atoms with E-state index in [9.17, 15) is 22.4 Å². The van der Waals surface area contributed by atoms with E-state index in [1.807, 2.05) is 0 Å². The predicted octanol–water partition coefficient (Wildman–Crippen LogP) is 3.45. The fourth-order valence-electron chi connectivity index (χ4n) is 2.72. The summed E-state index contributed by atoms with van der Waals surface area (Å²) in [5.74, 6) is -0.443. The number of carbonyl (C=O) groups excluding carboxylic acids is 2. The summed E-state index contributed by atoms with van der Waals surface area (Å²) in [6.07, 6.45) is 0.110. The van der Waals surface area contributed by atoms with Crippen LogP contribution in [0.3, 0.4) is 0 Å². The lowest BCUT2D eigenvalue weighted by Crippen LogP contribution is -2.25. The summed E-state index contributed by atoms with van der Waals surface area (Å²) in [4.78, 5) is 24.8. The minimum atomic E-state index is -3.78. The summed E-state index contributed by atoms with van der Waals surface area (Å²) in [6, 6.07) is 9.82. The SMILES string of the molecule is C[C@H](CC(=O)Nc1ccc(F)cc1)S(=O)(=O)c1ccc2c(c1)NC(=O)CCS2. The van der Waals surface area contributed by atoms with Crippen LogP contribution in [0, 0.1) is 5.82 Å². The van der Waals surface area contributed by atoms with Gasteiger partial charge in [0.15, 0.2) is 9.84 Å². The van der Waals surface area contributed by atoms with Crippen LogP contribution < -0.4 is 10.6 Å². The Hall–Kier alpha value is -2.39. The molecule has 148 valence electrons. The fraction of sp³-hybridized carbons (Fsp3) is 0.263. The number of fused-ring (bicyclic) bond motifs is 1. The average Bonchev–Trinajstić information content (AvgIpc) is 2.83. The minimum absolute atomic E-state index is 0.0520. The number of thioether (sulfide) groups is 1. The highest BCUT2D eigenvalue weighted by atomic mass is 32.2. The lowest BCUT2D eigenvalue weighted by atomic mass is 10.2. The Morgan fingerprint density at radius 1 is 1.25 bits per heavy atom. The van der Waals surface area contributed by atoms with E-state index >= 15 is 0 Å². The number of rotatable bonds is 5. The number of carbonyl (C=O) groups is 2. The van der Waals surface area contributed by atoms with Gasteiger partial charge in [0.1, 0.15) is 5.82 Å². The molecule has 1 atom stereocenters. The van der Waals surface area contributed by atoms with Gasteiger partial charge in [-0.3, -0.25) is 9.59 Å². The molecule has 2 amide bonds. The van der Waals surface area contributed by atoms with Gasteiger partial charge in [0.2, 0.25) is 11.8 Å². The van der Waals surface area contributed by atoms with E-state index in [4.69, 9.17) is 0 Å². The van der Waals surface area contributed by atoms with Gasteiger partial charge in [-0.2, -0.15) is 0 Å². The zero-order valence-corrected chi connectivity index (χ0v) is 16.7. The fourth-order valence-corrected chi connectivity index (χ4v) is 5.04. The molecule has 1 heterocycles. The summed E-state index contributed by atoms with van der Waals surface area (Å²) < 4.78 is 38.7. The lowest BCUT2D eigenvalue weighted by Gasteiger charge is -2.15. The lowest BCUT2D eigenvalue weighted by molar-refractivity contribution is -0.116. The molecule has 0 saturated heterocycles. The van der Waals surface area contributed by atoms with Crippen molar-refractivity contribution in [1.82, 2.24) is 0 Å². The number of amides is 2. The standard InChI is InChI=1S/C19H19FN2O4S2/c1-12(10-19(24)21-14-4-2-13(20)3-5-14)28(25,26)15-6-7-17-16(11-15)22-18(23)8-9-27-17/h2-7,11-12H,8-10H2,1H3,(H,21,24)(H,22,23)/t12-/m1/s1. The summed E-state index contributed by atoms with van der Waals surface area (Å²) in [7, 11) is -3.78. The number of halogens is 1. The first kappa shape index (κ1) is 20.3. The van der Waals surface area contributed by atoms with Gasteiger partial charge in [-0.15, -0.1) is 11.8 Å². The average molecular weight is 423 g/mol. The van der Waals surface area contributed by atoms with Crippen molar-refractivity contribution in [3.8, 4) is 0 Å². The van der Waals surface area contributed by atoms with Gasteiger partial charge < -0.3 is 10.6 Å². The van der Waals surface area contributed by atoms with E-state index in [1.54, 1.807) is 6.07 Å². The van der Waals surface area contributed by atoms with Crippen molar-refractivity contribution in [2.45, 2.75) is 34.8 Å². The molecule has 6 nitrogen and oxygen atoms in total. The minimum Gasteiger partial charge on any atom is -0.326 e. The molecule has 0 aromatic heterocycles. The summed E-state index contributed by atoms with van der Waals surface area (Å²) >= 11 is 1.48. The molecule has 1 aliphatic rings. The molecule has 2 aromatic rings. The van der Waals surface area contributed by atoms with Crippen LogP contribution in [-0.4, -0.2) is 31.2 Å². The second-order valence-electron chi connectivity index (χ2n) is 6.42. The second kappa shape index (κ2) is 8.32. The molecular formula is C19H19FN2O4S2. The van der Waals surface area contributed by atoms with Gasteiger partial charge in [0, 0.05) is 29.2 Å². The molecule has 0 aliphatic carbocycles. The summed E-state index contributed by atoms with van der Waals surface area (Å²) in [5.41, 5.74) is 0.859. The Kier molecular flexibility index (Phi) is 6.04. The Morgan fingerprint density at radius 3 is 2.68 bits per heavy atom. The Labute approximate surface area is 166 Å². The second-order valence-corrected chi connectivity index (χ2v) is 9.92. The van der Waals surface area contributed by atoms with Crippen LogP contribution in [0.25, 0.3) is 0 Å². The number of hydrogen-bond donors (Lipinski definition) is 2. The number of nitrogens with one attached hydrogen (secondary N) is 2. The highest BCUT2D eigenvalue weighted by Gasteiger charge is 2.27. The van der Waals surface area contributed by atoms with E-state index in [1.165, 1.54) is 55.1 Å². The molecule has 0 saturated carbocycles. The van der Waals surface area contributed by atoms with E-state index in [0.29, 0.717) is 23.5 Å². The highest BCUT2D eigenvalue weighted by molar-refractivity contribution is 7.99. The van der Waals surface area contributed by atoms with E-state index in [-0.39, 0.29) is 17.2 Å². The first-order valence-electron chi connectivity index (χ1n) is 8.62. The molecule has 1 aliphatic heterocycles. The van der Waals surface area contributed by atoms with Crippen LogP contribution in [0.1, 0.15) is 19.8 Å². The molecule has 0 bridgehead atoms. The Balaban J connectivity index is 1.73. The molecule has 0 spiro atoms. The first-order chi connectivity index (χ1) is 13.3. The number of sulfone groups is 1. The molecule has 0 unspecified atom stereocenters. The smallest absolute Gasteiger partial charge is 0.225 e. The topological polar surface area (TPSA) is 92.3 Å². The van der Waals surface area contributed by atoms with Crippen molar-refractivity contribution >= 4 is 44.8 Å². The van der Waals surface area contributed by atoms with Crippen molar-refractivity contribution in [2.75, 3.05) is 16.4 Å². The van der Waals surface area contributed by atoms with Crippen molar-refractivity contribution < 1.29 is 22.4 Å². The highest BCUT2D eigenvalue weighted by Crippen LogP contribution is 2.33. The number of benzene rings is 2. The molecule has 9 heteroatoms. The zero-order chi connectivity index (χ0) is 20.3.